The number of aromatic nitrogens is 1. The molecule has 2 aromatic rings. The van der Waals surface area contributed by atoms with E-state index in [9.17, 15) is 8.42 Å². The molecule has 0 amide bonds. The van der Waals surface area contributed by atoms with Crippen molar-refractivity contribution in [1.29, 1.82) is 0 Å². The van der Waals surface area contributed by atoms with Gasteiger partial charge in [0.2, 0.25) is 0 Å². The average molecular weight is 332 g/mol. The lowest BCUT2D eigenvalue weighted by Crippen LogP contribution is -2.26. The molecule has 4 nitrogen and oxygen atoms in total. The summed E-state index contributed by atoms with van der Waals surface area (Å²) in [6.07, 6.45) is 1.72. The zero-order chi connectivity index (χ0) is 14.2. The summed E-state index contributed by atoms with van der Waals surface area (Å²) in [4.78, 5) is 4.36. The quantitative estimate of drug-likeness (QED) is 0.807. The molecule has 0 saturated carbocycles. The van der Waals surface area contributed by atoms with E-state index in [1.165, 1.54) is 11.8 Å². The number of halogens is 1. The van der Waals surface area contributed by atoms with Gasteiger partial charge in [-0.25, -0.2) is 13.4 Å². The molecule has 0 aliphatic carbocycles. The van der Waals surface area contributed by atoms with Crippen LogP contribution in [0.25, 0.3) is 11.1 Å². The van der Waals surface area contributed by atoms with E-state index < -0.39 is 9.84 Å². The normalized spacial score (nSPS) is 22.1. The summed E-state index contributed by atoms with van der Waals surface area (Å²) >= 11 is 7.37. The summed E-state index contributed by atoms with van der Waals surface area (Å²) in [6, 6.07) is 5.32. The van der Waals surface area contributed by atoms with Gasteiger partial charge in [-0.05, 0) is 30.9 Å². The number of hydrogen-bond donors (Lipinski definition) is 0. The SMILES string of the molecule is O=S1(=O)CCC[C@H](CSc2nc3ccc(Cl)cc3o2)C1. The second-order valence-corrected chi connectivity index (χ2v) is 8.66. The van der Waals surface area contributed by atoms with E-state index >= 15 is 0 Å². The molecular formula is C13H14ClNO3S2. The summed E-state index contributed by atoms with van der Waals surface area (Å²) in [5.41, 5.74) is 1.43. The first kappa shape index (κ1) is 14.2. The minimum Gasteiger partial charge on any atom is -0.431 e. The van der Waals surface area contributed by atoms with Crippen LogP contribution in [0.2, 0.25) is 5.02 Å². The van der Waals surface area contributed by atoms with E-state index in [4.69, 9.17) is 16.0 Å². The third-order valence-electron chi connectivity index (χ3n) is 3.33. The Bertz CT molecular complexity index is 726. The fourth-order valence-electron chi connectivity index (χ4n) is 2.38. The Balaban J connectivity index is 1.67. The molecule has 3 rings (SSSR count). The molecule has 1 aliphatic heterocycles. The van der Waals surface area contributed by atoms with Crippen molar-refractivity contribution in [3.8, 4) is 0 Å². The Morgan fingerprint density at radius 3 is 3.10 bits per heavy atom. The minimum atomic E-state index is -2.85. The Morgan fingerprint density at radius 2 is 2.30 bits per heavy atom. The lowest BCUT2D eigenvalue weighted by atomic mass is 10.1. The molecule has 0 radical (unpaired) electrons. The van der Waals surface area contributed by atoms with E-state index in [-0.39, 0.29) is 11.7 Å². The largest absolute Gasteiger partial charge is 0.431 e. The van der Waals surface area contributed by atoms with Crippen LogP contribution < -0.4 is 0 Å². The van der Waals surface area contributed by atoms with Gasteiger partial charge in [-0.15, -0.1) is 0 Å². The first-order chi connectivity index (χ1) is 9.52. The van der Waals surface area contributed by atoms with Crippen LogP contribution in [0.1, 0.15) is 12.8 Å². The third-order valence-corrected chi connectivity index (χ3v) is 6.52. The molecule has 20 heavy (non-hydrogen) atoms. The third kappa shape index (κ3) is 3.30. The number of benzene rings is 1. The number of rotatable bonds is 3. The van der Waals surface area contributed by atoms with Gasteiger partial charge in [0.25, 0.3) is 5.22 Å². The highest BCUT2D eigenvalue weighted by molar-refractivity contribution is 7.99. The predicted octanol–water partition coefficient (Wildman–Crippen LogP) is 3.40. The van der Waals surface area contributed by atoms with Gasteiger partial charge in [-0.1, -0.05) is 23.4 Å². The van der Waals surface area contributed by atoms with Crippen LogP contribution in [0.15, 0.2) is 27.8 Å². The Kier molecular flexibility index (Phi) is 3.97. The number of fused-ring (bicyclic) bond motifs is 1. The molecule has 0 unspecified atom stereocenters. The summed E-state index contributed by atoms with van der Waals surface area (Å²) in [5.74, 6) is 1.53. The Labute approximate surface area is 126 Å². The fraction of sp³-hybridized carbons (Fsp3) is 0.462. The van der Waals surface area contributed by atoms with Gasteiger partial charge in [0.1, 0.15) is 5.52 Å². The predicted molar refractivity (Wildman–Crippen MR) is 81.1 cm³/mol. The van der Waals surface area contributed by atoms with Crippen LogP contribution >= 0.6 is 23.4 Å². The molecule has 1 aliphatic rings. The Hall–Kier alpha value is -0.720. The van der Waals surface area contributed by atoms with E-state index in [1.54, 1.807) is 12.1 Å². The van der Waals surface area contributed by atoms with Crippen LogP contribution in [-0.2, 0) is 9.84 Å². The van der Waals surface area contributed by atoms with E-state index in [0.29, 0.717) is 21.6 Å². The zero-order valence-electron chi connectivity index (χ0n) is 10.7. The van der Waals surface area contributed by atoms with Gasteiger partial charge in [0.15, 0.2) is 15.4 Å². The van der Waals surface area contributed by atoms with Gasteiger partial charge >= 0.3 is 0 Å². The van der Waals surface area contributed by atoms with Crippen molar-refractivity contribution in [3.63, 3.8) is 0 Å². The summed E-state index contributed by atoms with van der Waals surface area (Å²) in [7, 11) is -2.85. The lowest BCUT2D eigenvalue weighted by molar-refractivity contribution is 0.484. The molecule has 108 valence electrons. The van der Waals surface area contributed by atoms with Crippen molar-refractivity contribution in [2.75, 3.05) is 17.3 Å². The van der Waals surface area contributed by atoms with Gasteiger partial charge in [-0.3, -0.25) is 0 Å². The number of sulfone groups is 1. The molecular weight excluding hydrogens is 318 g/mol. The molecule has 1 saturated heterocycles. The number of nitrogens with zero attached hydrogens (tertiary/aromatic N) is 1. The lowest BCUT2D eigenvalue weighted by Gasteiger charge is -2.20. The smallest absolute Gasteiger partial charge is 0.256 e. The molecule has 0 N–H and O–H groups in total. The first-order valence-electron chi connectivity index (χ1n) is 6.41. The number of thioether (sulfide) groups is 1. The molecule has 1 aromatic heterocycles. The van der Waals surface area contributed by atoms with Crippen molar-refractivity contribution < 1.29 is 12.8 Å². The fourth-order valence-corrected chi connectivity index (χ4v) is 5.44. The van der Waals surface area contributed by atoms with Gasteiger partial charge < -0.3 is 4.42 Å². The van der Waals surface area contributed by atoms with Crippen molar-refractivity contribution in [1.82, 2.24) is 4.98 Å². The molecule has 0 spiro atoms. The Morgan fingerprint density at radius 1 is 1.45 bits per heavy atom. The maximum atomic E-state index is 11.6. The molecule has 1 aromatic carbocycles. The van der Waals surface area contributed by atoms with Crippen LogP contribution in [0.4, 0.5) is 0 Å². The standard InChI is InChI=1S/C13H14ClNO3S2/c14-10-3-4-11-12(6-10)18-13(15-11)19-7-9-2-1-5-20(16,17)8-9/h3-4,6,9H,1-2,5,7-8H2/t9-/m1/s1. The molecule has 1 fully saturated rings. The first-order valence-corrected chi connectivity index (χ1v) is 9.60. The summed E-state index contributed by atoms with van der Waals surface area (Å²) in [6.45, 7) is 0. The number of hydrogen-bond acceptors (Lipinski definition) is 5. The highest BCUT2D eigenvalue weighted by Crippen LogP contribution is 2.29. The van der Waals surface area contributed by atoms with E-state index in [1.807, 2.05) is 6.07 Å². The maximum absolute atomic E-state index is 11.6. The van der Waals surface area contributed by atoms with Crippen LogP contribution in [0, 0.1) is 5.92 Å². The molecule has 0 bridgehead atoms. The summed E-state index contributed by atoms with van der Waals surface area (Å²) < 4.78 is 28.8. The molecule has 2 heterocycles. The monoisotopic (exact) mass is 331 g/mol. The molecule has 7 heteroatoms. The second-order valence-electron chi connectivity index (χ2n) is 5.03. The average Bonchev–Trinajstić information content (AvgIpc) is 2.77. The van der Waals surface area contributed by atoms with Crippen LogP contribution in [-0.4, -0.2) is 30.7 Å². The topological polar surface area (TPSA) is 60.2 Å². The van der Waals surface area contributed by atoms with E-state index in [0.717, 1.165) is 24.1 Å². The number of oxazole rings is 1. The van der Waals surface area contributed by atoms with Crippen LogP contribution in [0.5, 0.6) is 0 Å². The second kappa shape index (κ2) is 5.58. The minimum absolute atomic E-state index is 0.192. The van der Waals surface area contributed by atoms with Crippen molar-refractivity contribution in [3.05, 3.63) is 23.2 Å². The van der Waals surface area contributed by atoms with Gasteiger partial charge in [0.05, 0.1) is 11.5 Å². The zero-order valence-corrected chi connectivity index (χ0v) is 13.1. The van der Waals surface area contributed by atoms with Crippen molar-refractivity contribution in [2.24, 2.45) is 5.92 Å². The highest BCUT2D eigenvalue weighted by Gasteiger charge is 2.25. The van der Waals surface area contributed by atoms with E-state index in [2.05, 4.69) is 4.98 Å². The molecule has 1 atom stereocenters. The summed E-state index contributed by atoms with van der Waals surface area (Å²) in [5, 5.41) is 1.19. The van der Waals surface area contributed by atoms with Crippen molar-refractivity contribution in [2.45, 2.75) is 18.1 Å². The van der Waals surface area contributed by atoms with Crippen LogP contribution in [0.3, 0.4) is 0 Å². The van der Waals surface area contributed by atoms with Crippen molar-refractivity contribution >= 4 is 44.3 Å². The van der Waals surface area contributed by atoms with Gasteiger partial charge in [0, 0.05) is 16.8 Å². The maximum Gasteiger partial charge on any atom is 0.256 e. The highest BCUT2D eigenvalue weighted by atomic mass is 35.5. The van der Waals surface area contributed by atoms with Gasteiger partial charge in [-0.2, -0.15) is 0 Å².